The molecule has 4 rings (SSSR count). The highest BCUT2D eigenvalue weighted by Crippen LogP contribution is 2.44. The fraction of sp³-hybridized carbons (Fsp3) is 0.300. The smallest absolute Gasteiger partial charge is 0.230 e. The molecule has 128 valence electrons. The summed E-state index contributed by atoms with van der Waals surface area (Å²) in [4.78, 5) is 24.3. The highest BCUT2D eigenvalue weighted by molar-refractivity contribution is 5.99. The number of anilines is 1. The highest BCUT2D eigenvalue weighted by atomic mass is 16.5. The number of rotatable bonds is 4. The Balaban J connectivity index is 1.61. The van der Waals surface area contributed by atoms with Gasteiger partial charge in [-0.1, -0.05) is 48.5 Å². The molecule has 5 heteroatoms. The topological polar surface area (TPSA) is 78.5 Å². The number of carbonyl (C=O) groups excluding carboxylic acids is 2. The van der Waals surface area contributed by atoms with Crippen LogP contribution in [0.2, 0.25) is 0 Å². The van der Waals surface area contributed by atoms with Gasteiger partial charge in [0.2, 0.25) is 5.91 Å². The fourth-order valence-electron chi connectivity index (χ4n) is 3.99. The Morgan fingerprint density at radius 1 is 0.920 bits per heavy atom. The normalized spacial score (nSPS) is 27.2. The lowest BCUT2D eigenvalue weighted by Crippen LogP contribution is -2.46. The molecule has 0 aliphatic carbocycles. The maximum atomic E-state index is 12.8. The van der Waals surface area contributed by atoms with Gasteiger partial charge in [0.15, 0.2) is 0 Å². The number of nitrogens with one attached hydrogen (secondary N) is 1. The molecule has 0 saturated carbocycles. The van der Waals surface area contributed by atoms with Gasteiger partial charge in [-0.2, -0.15) is 0 Å². The van der Waals surface area contributed by atoms with Crippen LogP contribution in [0.5, 0.6) is 0 Å². The second-order valence-electron chi connectivity index (χ2n) is 6.56. The summed E-state index contributed by atoms with van der Waals surface area (Å²) in [5.74, 6) is -3.09. The number of hydrogen-bond donors (Lipinski definition) is 1. The number of fused-ring (bicyclic) bond motifs is 2. The largest absolute Gasteiger partial charge is 0.550 e. The molecule has 2 bridgehead atoms. The van der Waals surface area contributed by atoms with Gasteiger partial charge in [0, 0.05) is 23.1 Å². The van der Waals surface area contributed by atoms with E-state index in [-0.39, 0.29) is 12.0 Å². The van der Waals surface area contributed by atoms with E-state index in [0.717, 1.165) is 11.1 Å². The average Bonchev–Trinajstić information content (AvgIpc) is 3.24. The summed E-state index contributed by atoms with van der Waals surface area (Å²) in [6.07, 6.45) is 0.646. The lowest BCUT2D eigenvalue weighted by molar-refractivity contribution is -0.313. The van der Waals surface area contributed by atoms with Gasteiger partial charge >= 0.3 is 0 Å². The molecule has 0 radical (unpaired) electrons. The minimum Gasteiger partial charge on any atom is -0.550 e. The predicted molar refractivity (Wildman–Crippen MR) is 90.4 cm³/mol. The van der Waals surface area contributed by atoms with E-state index in [1.54, 1.807) is 0 Å². The van der Waals surface area contributed by atoms with Crippen LogP contribution in [0.1, 0.15) is 12.8 Å². The molecule has 2 aliphatic heterocycles. The third-order valence-electron chi connectivity index (χ3n) is 5.12. The van der Waals surface area contributed by atoms with Crippen LogP contribution < -0.4 is 10.4 Å². The van der Waals surface area contributed by atoms with Crippen molar-refractivity contribution < 1.29 is 19.4 Å². The van der Waals surface area contributed by atoms with Crippen molar-refractivity contribution in [3.8, 4) is 11.1 Å². The quantitative estimate of drug-likeness (QED) is 0.924. The molecular weight excluding hydrogens is 318 g/mol. The van der Waals surface area contributed by atoms with Crippen molar-refractivity contribution in [3.63, 3.8) is 0 Å². The van der Waals surface area contributed by atoms with Crippen molar-refractivity contribution in [2.75, 3.05) is 5.32 Å². The number of aliphatic carboxylic acids is 1. The summed E-state index contributed by atoms with van der Waals surface area (Å²) >= 11 is 0. The van der Waals surface area contributed by atoms with Crippen LogP contribution in [0.3, 0.4) is 0 Å². The molecule has 1 N–H and O–H groups in total. The number of amides is 1. The van der Waals surface area contributed by atoms with Crippen LogP contribution in [-0.4, -0.2) is 24.1 Å². The number of hydrogen-bond acceptors (Lipinski definition) is 4. The highest BCUT2D eigenvalue weighted by Gasteiger charge is 2.52. The molecule has 25 heavy (non-hydrogen) atoms. The van der Waals surface area contributed by atoms with E-state index in [9.17, 15) is 14.7 Å². The number of carboxylic acid groups (broad SMARTS) is 1. The molecule has 2 aromatic rings. The van der Waals surface area contributed by atoms with Crippen molar-refractivity contribution in [1.29, 1.82) is 0 Å². The minimum absolute atomic E-state index is 0.315. The lowest BCUT2D eigenvalue weighted by Gasteiger charge is -2.28. The van der Waals surface area contributed by atoms with E-state index in [4.69, 9.17) is 4.74 Å². The number of carbonyl (C=O) groups is 2. The van der Waals surface area contributed by atoms with Crippen molar-refractivity contribution in [2.24, 2.45) is 11.8 Å². The molecule has 2 heterocycles. The second-order valence-corrected chi connectivity index (χ2v) is 6.56. The molecule has 0 aromatic heterocycles. The van der Waals surface area contributed by atoms with Gasteiger partial charge < -0.3 is 20.0 Å². The first-order valence-electron chi connectivity index (χ1n) is 8.47. The zero-order chi connectivity index (χ0) is 17.4. The Morgan fingerprint density at radius 3 is 2.28 bits per heavy atom. The number of para-hydroxylation sites is 1. The summed E-state index contributed by atoms with van der Waals surface area (Å²) in [7, 11) is 0. The molecule has 2 aromatic carbocycles. The van der Waals surface area contributed by atoms with E-state index in [1.807, 2.05) is 54.6 Å². The third kappa shape index (κ3) is 2.81. The maximum absolute atomic E-state index is 12.8. The van der Waals surface area contributed by atoms with Crippen molar-refractivity contribution >= 4 is 17.6 Å². The molecule has 2 fully saturated rings. The summed E-state index contributed by atoms with van der Waals surface area (Å²) in [5, 5.41) is 14.4. The molecule has 4 atom stereocenters. The summed E-state index contributed by atoms with van der Waals surface area (Å²) < 4.78 is 5.65. The number of carboxylic acids is 1. The SMILES string of the molecule is O=C([O-])[C@@H]1[C@H](C(=O)Nc2ccccc2-c2ccccc2)[C@H]2CC[C@@H]1O2. The van der Waals surface area contributed by atoms with E-state index >= 15 is 0 Å². The van der Waals surface area contributed by atoms with E-state index < -0.39 is 23.9 Å². The molecule has 1 amide bonds. The van der Waals surface area contributed by atoms with Gasteiger partial charge in [-0.15, -0.1) is 0 Å². The predicted octanol–water partition coefficient (Wildman–Crippen LogP) is 1.84. The molecule has 5 nitrogen and oxygen atoms in total. The first-order valence-corrected chi connectivity index (χ1v) is 8.47. The van der Waals surface area contributed by atoms with Gasteiger partial charge in [-0.25, -0.2) is 0 Å². The van der Waals surface area contributed by atoms with Gasteiger partial charge in [-0.3, -0.25) is 4.79 Å². The lowest BCUT2D eigenvalue weighted by atomic mass is 9.78. The van der Waals surface area contributed by atoms with Gasteiger partial charge in [0.05, 0.1) is 18.1 Å². The van der Waals surface area contributed by atoms with E-state index in [0.29, 0.717) is 18.5 Å². The zero-order valence-electron chi connectivity index (χ0n) is 13.6. The van der Waals surface area contributed by atoms with Crippen LogP contribution in [0.4, 0.5) is 5.69 Å². The van der Waals surface area contributed by atoms with Gasteiger partial charge in [0.1, 0.15) is 0 Å². The Hall–Kier alpha value is -2.66. The first kappa shape index (κ1) is 15.8. The summed E-state index contributed by atoms with van der Waals surface area (Å²) in [6.45, 7) is 0. The Kier molecular flexibility index (Phi) is 4.01. The van der Waals surface area contributed by atoms with E-state index in [1.165, 1.54) is 0 Å². The van der Waals surface area contributed by atoms with E-state index in [2.05, 4.69) is 5.32 Å². The fourth-order valence-corrected chi connectivity index (χ4v) is 3.99. The zero-order valence-corrected chi connectivity index (χ0v) is 13.6. The van der Waals surface area contributed by atoms with Crippen molar-refractivity contribution in [2.45, 2.75) is 25.0 Å². The standard InChI is InChI=1S/C20H19NO4/c22-19(17-15-10-11-16(25-15)18(17)20(23)24)21-14-9-5-4-8-13(14)12-6-2-1-3-7-12/h1-9,15-18H,10-11H2,(H,21,22)(H,23,24)/p-1/t15-,16+,17-,18+/m1/s1. The minimum atomic E-state index is -1.20. The Bertz CT molecular complexity index is 804. The number of benzene rings is 2. The second kappa shape index (κ2) is 6.33. The summed E-state index contributed by atoms with van der Waals surface area (Å²) in [5.41, 5.74) is 2.54. The van der Waals surface area contributed by atoms with Crippen LogP contribution in [0, 0.1) is 11.8 Å². The monoisotopic (exact) mass is 336 g/mol. The van der Waals surface area contributed by atoms with Gasteiger partial charge in [0.25, 0.3) is 0 Å². The molecule has 2 saturated heterocycles. The molecular formula is C20H18NO4-. The Morgan fingerprint density at radius 2 is 1.56 bits per heavy atom. The number of ether oxygens (including phenoxy) is 1. The average molecular weight is 336 g/mol. The first-order chi connectivity index (χ1) is 12.1. The van der Waals surface area contributed by atoms with Crippen molar-refractivity contribution in [3.05, 3.63) is 54.6 Å². The molecule has 0 spiro atoms. The maximum Gasteiger partial charge on any atom is 0.230 e. The van der Waals surface area contributed by atoms with Crippen LogP contribution in [0.15, 0.2) is 54.6 Å². The van der Waals surface area contributed by atoms with Crippen LogP contribution >= 0.6 is 0 Å². The molecule has 0 unspecified atom stereocenters. The summed E-state index contributed by atoms with van der Waals surface area (Å²) in [6, 6.07) is 17.2. The molecule has 2 aliphatic rings. The van der Waals surface area contributed by atoms with Crippen molar-refractivity contribution in [1.82, 2.24) is 0 Å². The van der Waals surface area contributed by atoms with Crippen LogP contribution in [-0.2, 0) is 14.3 Å². The van der Waals surface area contributed by atoms with Gasteiger partial charge in [-0.05, 0) is 24.5 Å². The third-order valence-corrected chi connectivity index (χ3v) is 5.12. The Labute approximate surface area is 145 Å². The van der Waals surface area contributed by atoms with Crippen LogP contribution in [0.25, 0.3) is 11.1 Å².